The molecule has 0 saturated carbocycles. The van der Waals surface area contributed by atoms with E-state index in [2.05, 4.69) is 4.98 Å². The van der Waals surface area contributed by atoms with E-state index in [1.54, 1.807) is 6.07 Å². The molecule has 0 aliphatic rings. The van der Waals surface area contributed by atoms with Crippen LogP contribution in [-0.2, 0) is 0 Å². The van der Waals surface area contributed by atoms with Crippen molar-refractivity contribution in [3.05, 3.63) is 78.5 Å². The molecule has 0 radical (unpaired) electrons. The maximum Gasteiger partial charge on any atom is 0.0783 e. The topological polar surface area (TPSA) is 12.9 Å². The predicted octanol–water partition coefficient (Wildman–Crippen LogP) is 4.72. The van der Waals surface area contributed by atoms with Crippen LogP contribution in [0.5, 0.6) is 0 Å². The fraction of sp³-hybridized carbons (Fsp3) is 0.0556. The molecule has 92 valence electrons. The summed E-state index contributed by atoms with van der Waals surface area (Å²) in [6.45, 7) is -2.21. The van der Waals surface area contributed by atoms with Gasteiger partial charge in [0.15, 0.2) is 0 Å². The van der Waals surface area contributed by atoms with Crippen molar-refractivity contribution in [1.82, 2.24) is 4.98 Å². The van der Waals surface area contributed by atoms with Crippen molar-refractivity contribution >= 4 is 0 Å². The molecule has 0 unspecified atom stereocenters. The van der Waals surface area contributed by atoms with Gasteiger partial charge in [0.2, 0.25) is 0 Å². The van der Waals surface area contributed by atoms with E-state index < -0.39 is 6.85 Å². The average molecular weight is 248 g/mol. The molecular weight excluding hydrogens is 230 g/mol. The van der Waals surface area contributed by atoms with Crippen LogP contribution in [0, 0.1) is 6.85 Å². The van der Waals surface area contributed by atoms with E-state index in [-0.39, 0.29) is 5.69 Å². The highest BCUT2D eigenvalue weighted by Gasteiger charge is 2.08. The SMILES string of the molecule is [2H]C([2H])([2H])c1ccc(-c2ccccc2)c(-c2ccccc2)n1. The summed E-state index contributed by atoms with van der Waals surface area (Å²) in [7, 11) is 0. The zero-order valence-electron chi connectivity index (χ0n) is 13.4. The average Bonchev–Trinajstić information content (AvgIpc) is 2.55. The minimum atomic E-state index is -2.21. The normalized spacial score (nSPS) is 13.4. The first-order chi connectivity index (χ1) is 10.6. The third-order valence-electron chi connectivity index (χ3n) is 3.03. The lowest BCUT2D eigenvalue weighted by molar-refractivity contribution is 1.21. The van der Waals surface area contributed by atoms with E-state index in [9.17, 15) is 0 Å². The number of aromatic nitrogens is 1. The standard InChI is InChI=1S/C18H15N/c1-14-12-13-17(15-8-4-2-5-9-15)18(19-14)16-10-6-3-7-11-16/h2-13H,1H3/i1D3. The van der Waals surface area contributed by atoms with E-state index in [1.165, 1.54) is 0 Å². The lowest BCUT2D eigenvalue weighted by atomic mass is 9.99. The van der Waals surface area contributed by atoms with Crippen LogP contribution >= 0.6 is 0 Å². The van der Waals surface area contributed by atoms with Gasteiger partial charge >= 0.3 is 0 Å². The Morgan fingerprint density at radius 2 is 1.37 bits per heavy atom. The minimum Gasteiger partial charge on any atom is -0.252 e. The van der Waals surface area contributed by atoms with Crippen LogP contribution in [0.3, 0.4) is 0 Å². The summed E-state index contributed by atoms with van der Waals surface area (Å²) in [5, 5.41) is 0. The van der Waals surface area contributed by atoms with Crippen molar-refractivity contribution in [3.63, 3.8) is 0 Å². The molecular formula is C18H15N. The van der Waals surface area contributed by atoms with Crippen molar-refractivity contribution in [1.29, 1.82) is 0 Å². The summed E-state index contributed by atoms with van der Waals surface area (Å²) >= 11 is 0. The van der Waals surface area contributed by atoms with Gasteiger partial charge in [-0.05, 0) is 18.5 Å². The molecule has 3 rings (SSSR count). The molecule has 3 aromatic rings. The van der Waals surface area contributed by atoms with Crippen molar-refractivity contribution in [3.8, 4) is 22.4 Å². The third-order valence-corrected chi connectivity index (χ3v) is 3.03. The summed E-state index contributed by atoms with van der Waals surface area (Å²) in [4.78, 5) is 4.43. The number of benzene rings is 2. The first-order valence-electron chi connectivity index (χ1n) is 7.68. The van der Waals surface area contributed by atoms with Crippen LogP contribution in [0.25, 0.3) is 22.4 Å². The number of pyridine rings is 1. The molecule has 0 bridgehead atoms. The summed E-state index contributed by atoms with van der Waals surface area (Å²) in [5.74, 6) is 0. The van der Waals surface area contributed by atoms with Crippen LogP contribution in [0.4, 0.5) is 0 Å². The molecule has 0 aliphatic heterocycles. The van der Waals surface area contributed by atoms with E-state index in [4.69, 9.17) is 4.11 Å². The van der Waals surface area contributed by atoms with Gasteiger partial charge in [0.25, 0.3) is 0 Å². The highest BCUT2D eigenvalue weighted by atomic mass is 14.7. The van der Waals surface area contributed by atoms with Gasteiger partial charge in [-0.3, -0.25) is 4.98 Å². The smallest absolute Gasteiger partial charge is 0.0783 e. The van der Waals surface area contributed by atoms with Gasteiger partial charge < -0.3 is 0 Å². The van der Waals surface area contributed by atoms with Gasteiger partial charge in [0.1, 0.15) is 0 Å². The molecule has 0 amide bonds. The van der Waals surface area contributed by atoms with Crippen LogP contribution in [-0.4, -0.2) is 4.98 Å². The monoisotopic (exact) mass is 248 g/mol. The van der Waals surface area contributed by atoms with Gasteiger partial charge in [-0.15, -0.1) is 0 Å². The molecule has 1 heteroatoms. The summed E-state index contributed by atoms with van der Waals surface area (Å²) in [6.07, 6.45) is 0. The molecule has 1 nitrogen and oxygen atoms in total. The number of hydrogen-bond acceptors (Lipinski definition) is 1. The lowest BCUT2D eigenvalue weighted by Crippen LogP contribution is -1.91. The fourth-order valence-electron chi connectivity index (χ4n) is 2.13. The van der Waals surface area contributed by atoms with Crippen LogP contribution in [0.1, 0.15) is 9.81 Å². The Labute approximate surface area is 117 Å². The summed E-state index contributed by atoms with van der Waals surface area (Å²) in [6, 6.07) is 23.0. The van der Waals surface area contributed by atoms with Gasteiger partial charge in [0, 0.05) is 20.9 Å². The Balaban J connectivity index is 2.23. The number of hydrogen-bond donors (Lipinski definition) is 0. The van der Waals surface area contributed by atoms with Crippen molar-refractivity contribution in [2.45, 2.75) is 6.85 Å². The second-order valence-electron chi connectivity index (χ2n) is 4.32. The molecule has 0 atom stereocenters. The highest BCUT2D eigenvalue weighted by Crippen LogP contribution is 2.30. The summed E-state index contributed by atoms with van der Waals surface area (Å²) in [5.41, 5.74) is 3.67. The zero-order chi connectivity index (χ0) is 15.6. The highest BCUT2D eigenvalue weighted by molar-refractivity contribution is 5.80. The van der Waals surface area contributed by atoms with Crippen LogP contribution in [0.2, 0.25) is 0 Å². The quantitative estimate of drug-likeness (QED) is 0.639. The Bertz CT molecular complexity index is 765. The molecule has 2 aromatic carbocycles. The Morgan fingerprint density at radius 3 is 2.00 bits per heavy atom. The van der Waals surface area contributed by atoms with E-state index in [0.29, 0.717) is 5.69 Å². The molecule has 1 aromatic heterocycles. The number of aryl methyl sites for hydroxylation is 1. The van der Waals surface area contributed by atoms with E-state index in [1.807, 2.05) is 66.7 Å². The Hall–Kier alpha value is -2.41. The van der Waals surface area contributed by atoms with Crippen LogP contribution in [0.15, 0.2) is 72.8 Å². The maximum atomic E-state index is 7.58. The van der Waals surface area contributed by atoms with Gasteiger partial charge in [-0.25, -0.2) is 0 Å². The van der Waals surface area contributed by atoms with E-state index >= 15 is 0 Å². The predicted molar refractivity (Wildman–Crippen MR) is 79.8 cm³/mol. The zero-order valence-corrected chi connectivity index (χ0v) is 10.4. The van der Waals surface area contributed by atoms with Gasteiger partial charge in [-0.2, -0.15) is 0 Å². The van der Waals surface area contributed by atoms with Gasteiger partial charge in [0.05, 0.1) is 5.69 Å². The second kappa shape index (κ2) is 5.07. The first-order valence-corrected chi connectivity index (χ1v) is 6.18. The maximum absolute atomic E-state index is 7.58. The number of nitrogens with zero attached hydrogens (tertiary/aromatic N) is 1. The molecule has 0 fully saturated rings. The Kier molecular flexibility index (Phi) is 2.31. The molecule has 1 heterocycles. The van der Waals surface area contributed by atoms with E-state index in [0.717, 1.165) is 16.7 Å². The molecule has 19 heavy (non-hydrogen) atoms. The van der Waals surface area contributed by atoms with Crippen molar-refractivity contribution in [2.24, 2.45) is 0 Å². The van der Waals surface area contributed by atoms with Gasteiger partial charge in [-0.1, -0.05) is 66.7 Å². The fourth-order valence-corrected chi connectivity index (χ4v) is 2.13. The molecule has 0 spiro atoms. The van der Waals surface area contributed by atoms with Crippen molar-refractivity contribution in [2.75, 3.05) is 0 Å². The third kappa shape index (κ3) is 2.41. The van der Waals surface area contributed by atoms with Crippen molar-refractivity contribution < 1.29 is 4.11 Å². The lowest BCUT2D eigenvalue weighted by Gasteiger charge is -2.10. The first kappa shape index (κ1) is 8.65. The molecule has 0 aliphatic carbocycles. The number of rotatable bonds is 2. The molecule has 0 saturated heterocycles. The largest absolute Gasteiger partial charge is 0.252 e. The van der Waals surface area contributed by atoms with Crippen LogP contribution < -0.4 is 0 Å². The molecule has 0 N–H and O–H groups in total. The minimum absolute atomic E-state index is 0.117. The summed E-state index contributed by atoms with van der Waals surface area (Å²) < 4.78 is 22.7. The second-order valence-corrected chi connectivity index (χ2v) is 4.32. The Morgan fingerprint density at radius 1 is 0.737 bits per heavy atom.